The molecular weight excluding hydrogens is 260 g/mol. The summed E-state index contributed by atoms with van der Waals surface area (Å²) >= 11 is 9.21. The highest BCUT2D eigenvalue weighted by molar-refractivity contribution is 8.14. The lowest BCUT2D eigenvalue weighted by Gasteiger charge is -2.01. The third-order valence-electron chi connectivity index (χ3n) is 1.73. The molecule has 0 aliphatic heterocycles. The Morgan fingerprint density at radius 2 is 2.00 bits per heavy atom. The van der Waals surface area contributed by atoms with Gasteiger partial charge in [0.15, 0.2) is 5.17 Å². The Labute approximate surface area is 110 Å². The molecule has 1 rings (SSSR count). The Bertz CT molecular complexity index is 338. The number of thioether (sulfide) groups is 2. The normalized spacial score (nSPS) is 11.8. The lowest BCUT2D eigenvalue weighted by atomic mass is 10.4. The molecule has 2 N–H and O–H groups in total. The Kier molecular flexibility index (Phi) is 6.76. The highest BCUT2D eigenvalue weighted by atomic mass is 35.5. The fourth-order valence-corrected chi connectivity index (χ4v) is 2.82. The molecule has 0 radical (unpaired) electrons. The van der Waals surface area contributed by atoms with Gasteiger partial charge in [0, 0.05) is 28.0 Å². The molecule has 1 aromatic carbocycles. The highest BCUT2D eigenvalue weighted by Gasteiger charge is 1.96. The zero-order valence-corrected chi connectivity index (χ0v) is 11.5. The van der Waals surface area contributed by atoms with E-state index in [9.17, 15) is 0 Å². The second-order valence-electron chi connectivity index (χ2n) is 2.96. The number of amidine groups is 1. The second kappa shape index (κ2) is 7.87. The van der Waals surface area contributed by atoms with Crippen LogP contribution in [0.25, 0.3) is 0 Å². The molecule has 5 heteroatoms. The molecular formula is C11H15ClN2S2. The fourth-order valence-electron chi connectivity index (χ4n) is 1.04. The summed E-state index contributed by atoms with van der Waals surface area (Å²) in [6.45, 7) is 2.74. The Balaban J connectivity index is 2.21. The van der Waals surface area contributed by atoms with Crippen LogP contribution in [0.2, 0.25) is 5.02 Å². The fraction of sp³-hybridized carbons (Fsp3) is 0.364. The summed E-state index contributed by atoms with van der Waals surface area (Å²) in [6.07, 6.45) is 0. The van der Waals surface area contributed by atoms with Gasteiger partial charge in [-0.15, -0.1) is 11.8 Å². The molecule has 0 amide bonds. The van der Waals surface area contributed by atoms with Crippen LogP contribution >= 0.6 is 35.1 Å². The second-order valence-corrected chi connectivity index (χ2v) is 5.68. The number of halogens is 1. The van der Waals surface area contributed by atoms with E-state index in [2.05, 4.69) is 4.99 Å². The average Bonchev–Trinajstić information content (AvgIpc) is 2.27. The lowest BCUT2D eigenvalue weighted by molar-refractivity contribution is 1.13. The zero-order chi connectivity index (χ0) is 11.8. The van der Waals surface area contributed by atoms with Crippen molar-refractivity contribution < 1.29 is 0 Å². The van der Waals surface area contributed by atoms with Gasteiger partial charge in [-0.3, -0.25) is 4.99 Å². The van der Waals surface area contributed by atoms with E-state index in [-0.39, 0.29) is 0 Å². The first kappa shape index (κ1) is 13.7. The van der Waals surface area contributed by atoms with Crippen molar-refractivity contribution in [2.24, 2.45) is 10.7 Å². The molecule has 0 aliphatic carbocycles. The Morgan fingerprint density at radius 1 is 1.31 bits per heavy atom. The first-order valence-corrected chi connectivity index (χ1v) is 7.38. The quantitative estimate of drug-likeness (QED) is 0.387. The van der Waals surface area contributed by atoms with Gasteiger partial charge in [-0.25, -0.2) is 0 Å². The van der Waals surface area contributed by atoms with Gasteiger partial charge in [0.05, 0.1) is 0 Å². The molecule has 2 nitrogen and oxygen atoms in total. The van der Waals surface area contributed by atoms with Crippen LogP contribution < -0.4 is 5.73 Å². The average molecular weight is 275 g/mol. The number of nitrogens with two attached hydrogens (primary N) is 1. The standard InChI is InChI=1S/C11H15ClN2S2/c1-2-14-11(13)16-8-7-15-10-5-3-9(12)4-6-10/h3-6H,2,7-8H2,1H3,(H2,13,14). The first-order chi connectivity index (χ1) is 7.72. The molecule has 0 fully saturated rings. The number of hydrogen-bond acceptors (Lipinski definition) is 3. The minimum absolute atomic E-state index is 0.680. The topological polar surface area (TPSA) is 38.4 Å². The SMILES string of the molecule is CCN=C(N)SCCSc1ccc(Cl)cc1. The van der Waals surface area contributed by atoms with Crippen molar-refractivity contribution >= 4 is 40.3 Å². The van der Waals surface area contributed by atoms with E-state index in [1.165, 1.54) is 4.90 Å². The van der Waals surface area contributed by atoms with Crippen molar-refractivity contribution in [3.63, 3.8) is 0 Å². The Hall–Kier alpha value is -0.320. The summed E-state index contributed by atoms with van der Waals surface area (Å²) in [6, 6.07) is 7.87. The molecule has 0 bridgehead atoms. The molecule has 0 aliphatic rings. The van der Waals surface area contributed by atoms with Crippen LogP contribution in [-0.4, -0.2) is 23.2 Å². The summed E-state index contributed by atoms with van der Waals surface area (Å²) in [5.74, 6) is 1.99. The number of nitrogens with zero attached hydrogens (tertiary/aromatic N) is 1. The van der Waals surface area contributed by atoms with Crippen LogP contribution in [0.5, 0.6) is 0 Å². The van der Waals surface area contributed by atoms with Crippen molar-refractivity contribution in [2.45, 2.75) is 11.8 Å². The smallest absolute Gasteiger partial charge is 0.153 e. The number of aliphatic imine (C=N–C) groups is 1. The summed E-state index contributed by atoms with van der Waals surface area (Å²) in [5.41, 5.74) is 5.67. The number of rotatable bonds is 5. The van der Waals surface area contributed by atoms with Crippen LogP contribution in [0.1, 0.15) is 6.92 Å². The third-order valence-corrected chi connectivity index (χ3v) is 4.09. The van der Waals surface area contributed by atoms with Crippen LogP contribution in [0.3, 0.4) is 0 Å². The highest BCUT2D eigenvalue weighted by Crippen LogP contribution is 2.21. The van der Waals surface area contributed by atoms with E-state index >= 15 is 0 Å². The van der Waals surface area contributed by atoms with Gasteiger partial charge in [0.2, 0.25) is 0 Å². The minimum atomic E-state index is 0.680. The predicted molar refractivity (Wildman–Crippen MR) is 76.8 cm³/mol. The van der Waals surface area contributed by atoms with Gasteiger partial charge >= 0.3 is 0 Å². The maximum atomic E-state index is 5.80. The van der Waals surface area contributed by atoms with Crippen molar-refractivity contribution in [2.75, 3.05) is 18.1 Å². The van der Waals surface area contributed by atoms with Crippen LogP contribution in [0.4, 0.5) is 0 Å². The third kappa shape index (κ3) is 5.68. The molecule has 1 aromatic rings. The van der Waals surface area contributed by atoms with E-state index in [1.807, 2.05) is 31.2 Å². The van der Waals surface area contributed by atoms with Crippen LogP contribution in [-0.2, 0) is 0 Å². The van der Waals surface area contributed by atoms with Crippen molar-refractivity contribution in [3.05, 3.63) is 29.3 Å². The van der Waals surface area contributed by atoms with Crippen LogP contribution in [0, 0.1) is 0 Å². The van der Waals surface area contributed by atoms with Gasteiger partial charge in [0.25, 0.3) is 0 Å². The van der Waals surface area contributed by atoms with Crippen molar-refractivity contribution in [1.29, 1.82) is 0 Å². The predicted octanol–water partition coefficient (Wildman–Crippen LogP) is 3.50. The van der Waals surface area contributed by atoms with Crippen LogP contribution in [0.15, 0.2) is 34.2 Å². The lowest BCUT2D eigenvalue weighted by Crippen LogP contribution is -2.08. The maximum Gasteiger partial charge on any atom is 0.153 e. The molecule has 88 valence electrons. The zero-order valence-electron chi connectivity index (χ0n) is 9.15. The molecule has 0 unspecified atom stereocenters. The van der Waals surface area contributed by atoms with E-state index in [0.717, 1.165) is 23.1 Å². The summed E-state index contributed by atoms with van der Waals surface area (Å²) in [4.78, 5) is 5.34. The van der Waals surface area contributed by atoms with Gasteiger partial charge in [0.1, 0.15) is 0 Å². The van der Waals surface area contributed by atoms with Gasteiger partial charge < -0.3 is 5.73 Å². The van der Waals surface area contributed by atoms with E-state index in [1.54, 1.807) is 23.5 Å². The molecule has 0 saturated carbocycles. The maximum absolute atomic E-state index is 5.80. The minimum Gasteiger partial charge on any atom is -0.379 e. The number of hydrogen-bond donors (Lipinski definition) is 1. The monoisotopic (exact) mass is 274 g/mol. The summed E-state index contributed by atoms with van der Waals surface area (Å²) < 4.78 is 0. The van der Waals surface area contributed by atoms with Gasteiger partial charge in [-0.1, -0.05) is 23.4 Å². The van der Waals surface area contributed by atoms with E-state index in [4.69, 9.17) is 17.3 Å². The van der Waals surface area contributed by atoms with Gasteiger partial charge in [-0.2, -0.15) is 0 Å². The molecule has 0 saturated heterocycles. The van der Waals surface area contributed by atoms with Crippen molar-refractivity contribution in [1.82, 2.24) is 0 Å². The largest absolute Gasteiger partial charge is 0.379 e. The molecule has 16 heavy (non-hydrogen) atoms. The summed E-state index contributed by atoms with van der Waals surface area (Å²) in [5, 5.41) is 1.46. The molecule has 0 spiro atoms. The van der Waals surface area contributed by atoms with Crippen molar-refractivity contribution in [3.8, 4) is 0 Å². The molecule has 0 atom stereocenters. The number of benzene rings is 1. The summed E-state index contributed by atoms with van der Waals surface area (Å²) in [7, 11) is 0. The van der Waals surface area contributed by atoms with E-state index in [0.29, 0.717) is 5.17 Å². The van der Waals surface area contributed by atoms with Gasteiger partial charge in [-0.05, 0) is 31.2 Å². The first-order valence-electron chi connectivity index (χ1n) is 5.03. The van der Waals surface area contributed by atoms with E-state index < -0.39 is 0 Å². The Morgan fingerprint density at radius 3 is 2.62 bits per heavy atom. The molecule has 0 heterocycles. The molecule has 0 aromatic heterocycles.